The van der Waals surface area contributed by atoms with E-state index in [1.54, 1.807) is 18.3 Å². The Morgan fingerprint density at radius 1 is 1.38 bits per heavy atom. The van der Waals surface area contributed by atoms with E-state index in [1.165, 1.54) is 6.20 Å². The summed E-state index contributed by atoms with van der Waals surface area (Å²) in [6.07, 6.45) is 9.26. The zero-order chi connectivity index (χ0) is 16.4. The molecule has 0 aliphatic heterocycles. The summed E-state index contributed by atoms with van der Waals surface area (Å²) in [5.41, 5.74) is 1.09. The lowest BCUT2D eigenvalue weighted by Crippen LogP contribution is -2.36. The number of carbonyl (C=O) groups is 1. The molecule has 3 heterocycles. The molecule has 1 saturated carbocycles. The van der Waals surface area contributed by atoms with Crippen molar-refractivity contribution in [2.24, 2.45) is 5.92 Å². The van der Waals surface area contributed by atoms with Crippen molar-refractivity contribution in [2.45, 2.75) is 18.9 Å². The van der Waals surface area contributed by atoms with Gasteiger partial charge in [-0.15, -0.1) is 10.2 Å². The molecule has 3 aromatic rings. The first-order valence-electron chi connectivity index (χ1n) is 7.75. The van der Waals surface area contributed by atoms with Gasteiger partial charge in [-0.2, -0.15) is 5.21 Å². The number of hydrogen-bond acceptors (Lipinski definition) is 6. The van der Waals surface area contributed by atoms with Crippen molar-refractivity contribution < 1.29 is 4.79 Å². The molecular formula is C15H16N8O. The minimum absolute atomic E-state index is 0.117. The van der Waals surface area contributed by atoms with Crippen LogP contribution in [0.15, 0.2) is 37.1 Å². The van der Waals surface area contributed by atoms with Gasteiger partial charge in [-0.1, -0.05) is 0 Å². The molecule has 0 atom stereocenters. The van der Waals surface area contributed by atoms with Crippen LogP contribution in [0, 0.1) is 5.92 Å². The summed E-state index contributed by atoms with van der Waals surface area (Å²) in [5, 5.41) is 16.5. The molecule has 0 saturated heterocycles. The average Bonchev–Trinajstić information content (AvgIpc) is 3.27. The van der Waals surface area contributed by atoms with E-state index in [9.17, 15) is 4.79 Å². The second-order valence-corrected chi connectivity index (χ2v) is 5.88. The summed E-state index contributed by atoms with van der Waals surface area (Å²) >= 11 is 0. The van der Waals surface area contributed by atoms with E-state index in [0.717, 1.165) is 12.8 Å². The predicted molar refractivity (Wildman–Crippen MR) is 83.7 cm³/mol. The fourth-order valence-electron chi connectivity index (χ4n) is 2.87. The van der Waals surface area contributed by atoms with Gasteiger partial charge in [0.05, 0.1) is 11.9 Å². The molecule has 122 valence electrons. The Morgan fingerprint density at radius 2 is 2.29 bits per heavy atom. The van der Waals surface area contributed by atoms with Crippen molar-refractivity contribution in [3.05, 3.63) is 42.6 Å². The molecule has 1 aliphatic rings. The van der Waals surface area contributed by atoms with Gasteiger partial charge in [-0.3, -0.25) is 9.78 Å². The Balaban J connectivity index is 1.28. The third kappa shape index (κ3) is 2.87. The minimum Gasteiger partial charge on any atom is -0.352 e. The van der Waals surface area contributed by atoms with Crippen LogP contribution in [0.1, 0.15) is 29.2 Å². The van der Waals surface area contributed by atoms with Crippen LogP contribution in [0.5, 0.6) is 0 Å². The molecule has 0 radical (unpaired) electrons. The van der Waals surface area contributed by atoms with Gasteiger partial charge in [0.2, 0.25) is 5.82 Å². The van der Waals surface area contributed by atoms with Crippen LogP contribution in [0.4, 0.5) is 0 Å². The van der Waals surface area contributed by atoms with Gasteiger partial charge in [0.15, 0.2) is 0 Å². The van der Waals surface area contributed by atoms with Gasteiger partial charge >= 0.3 is 0 Å². The maximum atomic E-state index is 12.2. The highest BCUT2D eigenvalue weighted by molar-refractivity contribution is 5.94. The summed E-state index contributed by atoms with van der Waals surface area (Å²) in [7, 11) is 0. The number of aromatic nitrogens is 7. The molecule has 0 bridgehead atoms. The first-order valence-corrected chi connectivity index (χ1v) is 7.75. The van der Waals surface area contributed by atoms with E-state index in [-0.39, 0.29) is 5.91 Å². The number of tetrazole rings is 1. The van der Waals surface area contributed by atoms with Gasteiger partial charge in [0.25, 0.3) is 5.91 Å². The molecule has 4 rings (SSSR count). The van der Waals surface area contributed by atoms with Crippen molar-refractivity contribution in [1.82, 2.24) is 40.5 Å². The lowest BCUT2D eigenvalue weighted by molar-refractivity contribution is 0.0926. The molecule has 0 unspecified atom stereocenters. The maximum Gasteiger partial charge on any atom is 0.252 e. The number of carbonyl (C=O) groups excluding carboxylic acids is 1. The van der Waals surface area contributed by atoms with Crippen LogP contribution < -0.4 is 5.32 Å². The average molecular weight is 324 g/mol. The normalized spacial score (nSPS) is 19.7. The summed E-state index contributed by atoms with van der Waals surface area (Å²) < 4.78 is 2.12. The number of nitrogens with zero attached hydrogens (tertiary/aromatic N) is 6. The minimum atomic E-state index is -0.117. The molecule has 1 fully saturated rings. The number of hydrogen-bond donors (Lipinski definition) is 2. The quantitative estimate of drug-likeness (QED) is 0.719. The maximum absolute atomic E-state index is 12.2. The number of pyridine rings is 1. The first-order chi connectivity index (χ1) is 11.8. The highest BCUT2D eigenvalue weighted by Gasteiger charge is 2.30. The predicted octanol–water partition coefficient (Wildman–Crippen LogP) is 0.839. The van der Waals surface area contributed by atoms with Crippen molar-refractivity contribution >= 4 is 5.91 Å². The summed E-state index contributed by atoms with van der Waals surface area (Å²) in [4.78, 5) is 20.4. The molecule has 9 heteroatoms. The number of aromatic amines is 1. The third-order valence-corrected chi connectivity index (χ3v) is 4.31. The lowest BCUT2D eigenvalue weighted by atomic mass is 9.80. The number of nitrogens with one attached hydrogen (secondary N) is 2. The molecule has 1 amide bonds. The molecule has 24 heavy (non-hydrogen) atoms. The van der Waals surface area contributed by atoms with Gasteiger partial charge in [-0.25, -0.2) is 4.98 Å². The van der Waals surface area contributed by atoms with E-state index < -0.39 is 0 Å². The molecule has 0 spiro atoms. The van der Waals surface area contributed by atoms with E-state index in [1.807, 2.05) is 12.5 Å². The Labute approximate surface area is 137 Å². The van der Waals surface area contributed by atoms with Crippen LogP contribution in [0.25, 0.3) is 11.5 Å². The largest absolute Gasteiger partial charge is 0.352 e. The molecule has 9 nitrogen and oxygen atoms in total. The van der Waals surface area contributed by atoms with Crippen LogP contribution in [0.3, 0.4) is 0 Å². The van der Waals surface area contributed by atoms with Crippen molar-refractivity contribution in [3.63, 3.8) is 0 Å². The zero-order valence-corrected chi connectivity index (χ0v) is 12.8. The lowest BCUT2D eigenvalue weighted by Gasteiger charge is -2.36. The third-order valence-electron chi connectivity index (χ3n) is 4.31. The Morgan fingerprint density at radius 3 is 2.96 bits per heavy atom. The Kier molecular flexibility index (Phi) is 3.73. The molecular weight excluding hydrogens is 308 g/mol. The van der Waals surface area contributed by atoms with E-state index in [0.29, 0.717) is 35.6 Å². The highest BCUT2D eigenvalue weighted by Crippen LogP contribution is 2.36. The van der Waals surface area contributed by atoms with Crippen LogP contribution >= 0.6 is 0 Å². The summed E-state index contributed by atoms with van der Waals surface area (Å²) in [6, 6.07) is 3.92. The standard InChI is InChI=1S/C15H16N8O/c24-15(11-1-2-13(17-8-11)14-19-21-22-20-14)18-7-10-5-12(6-10)23-4-3-16-9-23/h1-4,8-10,12H,5-7H2,(H,18,24)(H,19,20,21,22). The van der Waals surface area contributed by atoms with E-state index in [4.69, 9.17) is 0 Å². The summed E-state index contributed by atoms with van der Waals surface area (Å²) in [6.45, 7) is 0.677. The van der Waals surface area contributed by atoms with E-state index in [2.05, 4.69) is 40.5 Å². The Hall–Kier alpha value is -3.10. The van der Waals surface area contributed by atoms with Crippen LogP contribution in [0.2, 0.25) is 0 Å². The smallest absolute Gasteiger partial charge is 0.252 e. The van der Waals surface area contributed by atoms with E-state index >= 15 is 0 Å². The van der Waals surface area contributed by atoms with Crippen molar-refractivity contribution in [2.75, 3.05) is 6.54 Å². The van der Waals surface area contributed by atoms with Gasteiger partial charge in [0, 0.05) is 31.2 Å². The number of amides is 1. The first kappa shape index (κ1) is 14.5. The molecule has 1 aliphatic carbocycles. The highest BCUT2D eigenvalue weighted by atomic mass is 16.1. The second kappa shape index (κ2) is 6.19. The van der Waals surface area contributed by atoms with Gasteiger partial charge < -0.3 is 9.88 Å². The fraction of sp³-hybridized carbons (Fsp3) is 0.333. The molecule has 0 aromatic carbocycles. The SMILES string of the molecule is O=C(NCC1CC(n2ccnc2)C1)c1ccc(-c2nn[nH]n2)nc1. The van der Waals surface area contributed by atoms with Gasteiger partial charge in [0.1, 0.15) is 5.69 Å². The van der Waals surface area contributed by atoms with Crippen LogP contribution in [-0.2, 0) is 0 Å². The van der Waals surface area contributed by atoms with Gasteiger partial charge in [-0.05, 0) is 36.1 Å². The van der Waals surface area contributed by atoms with Crippen LogP contribution in [-0.4, -0.2) is 47.6 Å². The molecule has 2 N–H and O–H groups in total. The zero-order valence-electron chi connectivity index (χ0n) is 12.8. The fourth-order valence-corrected chi connectivity index (χ4v) is 2.87. The molecule has 3 aromatic heterocycles. The summed E-state index contributed by atoms with van der Waals surface area (Å²) in [5.74, 6) is 0.795. The monoisotopic (exact) mass is 324 g/mol. The van der Waals surface area contributed by atoms with Crippen molar-refractivity contribution in [1.29, 1.82) is 0 Å². The topological polar surface area (TPSA) is 114 Å². The number of H-pyrrole nitrogens is 1. The number of rotatable bonds is 5. The number of imidazole rings is 1. The Bertz CT molecular complexity index is 791. The van der Waals surface area contributed by atoms with Crippen molar-refractivity contribution in [3.8, 4) is 11.5 Å². The second-order valence-electron chi connectivity index (χ2n) is 5.88.